The molecule has 21 heavy (non-hydrogen) atoms. The molecule has 2 aromatic heterocycles. The summed E-state index contributed by atoms with van der Waals surface area (Å²) in [6.45, 7) is 8.82. The van der Waals surface area contributed by atoms with Crippen molar-refractivity contribution in [3.63, 3.8) is 0 Å². The third-order valence-corrected chi connectivity index (χ3v) is 2.99. The Labute approximate surface area is 125 Å². The van der Waals surface area contributed by atoms with Crippen LogP contribution in [0.1, 0.15) is 37.9 Å². The fraction of sp³-hybridized carbons (Fsp3) is 0.400. The van der Waals surface area contributed by atoms with Gasteiger partial charge in [-0.3, -0.25) is 4.98 Å². The van der Waals surface area contributed by atoms with Gasteiger partial charge in [-0.05, 0) is 18.6 Å². The van der Waals surface area contributed by atoms with Gasteiger partial charge in [-0.1, -0.05) is 26.8 Å². The zero-order valence-electron chi connectivity index (χ0n) is 12.9. The Morgan fingerprint density at radius 1 is 1.14 bits per heavy atom. The van der Waals surface area contributed by atoms with E-state index in [0.29, 0.717) is 12.4 Å². The summed E-state index contributed by atoms with van der Waals surface area (Å²) in [5.74, 6) is 7.55. The van der Waals surface area contributed by atoms with Gasteiger partial charge in [0.15, 0.2) is 0 Å². The number of aromatic nitrogens is 3. The van der Waals surface area contributed by atoms with E-state index >= 15 is 0 Å². The molecule has 6 heteroatoms. The summed E-state index contributed by atoms with van der Waals surface area (Å²) >= 11 is 0. The van der Waals surface area contributed by atoms with Crippen molar-refractivity contribution in [1.29, 1.82) is 0 Å². The lowest BCUT2D eigenvalue weighted by molar-refractivity contribution is 0.546. The molecule has 0 aliphatic rings. The molecule has 0 unspecified atom stereocenters. The largest absolute Gasteiger partial charge is 0.366 e. The van der Waals surface area contributed by atoms with Gasteiger partial charge in [0.05, 0.1) is 0 Å². The van der Waals surface area contributed by atoms with E-state index in [0.717, 1.165) is 22.9 Å². The Morgan fingerprint density at radius 3 is 2.43 bits per heavy atom. The summed E-state index contributed by atoms with van der Waals surface area (Å²) in [6, 6.07) is 5.82. The Balaban J connectivity index is 2.17. The highest BCUT2D eigenvalue weighted by molar-refractivity contribution is 5.47. The Bertz CT molecular complexity index is 601. The second-order valence-electron chi connectivity index (χ2n) is 6.02. The summed E-state index contributed by atoms with van der Waals surface area (Å²) in [4.78, 5) is 13.2. The van der Waals surface area contributed by atoms with E-state index < -0.39 is 0 Å². The summed E-state index contributed by atoms with van der Waals surface area (Å²) < 4.78 is 0. The molecule has 0 spiro atoms. The summed E-state index contributed by atoms with van der Waals surface area (Å²) in [6.07, 6.45) is 1.86. The SMILES string of the molecule is Cc1ccc(CNc2cc(NN)nc(C(C)(C)C)n2)cn1. The molecule has 2 rings (SSSR count). The van der Waals surface area contributed by atoms with Crippen molar-refractivity contribution < 1.29 is 0 Å². The average molecular weight is 286 g/mol. The topological polar surface area (TPSA) is 88.8 Å². The number of nitrogens with one attached hydrogen (secondary N) is 2. The van der Waals surface area contributed by atoms with E-state index in [-0.39, 0.29) is 5.41 Å². The minimum Gasteiger partial charge on any atom is -0.366 e. The number of nitrogens with two attached hydrogens (primary N) is 1. The molecule has 4 N–H and O–H groups in total. The molecule has 0 saturated heterocycles. The molecule has 0 saturated carbocycles. The van der Waals surface area contributed by atoms with Crippen LogP contribution in [-0.2, 0) is 12.0 Å². The lowest BCUT2D eigenvalue weighted by atomic mass is 9.96. The van der Waals surface area contributed by atoms with Crippen LogP contribution in [0.25, 0.3) is 0 Å². The molecule has 0 bridgehead atoms. The number of aryl methyl sites for hydroxylation is 1. The van der Waals surface area contributed by atoms with Crippen LogP contribution >= 0.6 is 0 Å². The number of pyridine rings is 1. The van der Waals surface area contributed by atoms with Crippen LogP contribution in [0, 0.1) is 6.92 Å². The van der Waals surface area contributed by atoms with Crippen molar-refractivity contribution >= 4 is 11.6 Å². The molecule has 0 fully saturated rings. The van der Waals surface area contributed by atoms with Crippen LogP contribution in [0.3, 0.4) is 0 Å². The number of hydrazine groups is 1. The van der Waals surface area contributed by atoms with Crippen molar-refractivity contribution in [3.05, 3.63) is 41.5 Å². The molecule has 6 nitrogen and oxygen atoms in total. The second-order valence-corrected chi connectivity index (χ2v) is 6.02. The molecule has 0 aliphatic carbocycles. The van der Waals surface area contributed by atoms with Crippen LogP contribution in [0.2, 0.25) is 0 Å². The van der Waals surface area contributed by atoms with Crippen molar-refractivity contribution in [1.82, 2.24) is 15.0 Å². The minimum absolute atomic E-state index is 0.144. The zero-order chi connectivity index (χ0) is 15.5. The van der Waals surface area contributed by atoms with Crippen LogP contribution in [-0.4, -0.2) is 15.0 Å². The van der Waals surface area contributed by atoms with Gasteiger partial charge >= 0.3 is 0 Å². The molecule has 0 aromatic carbocycles. The van der Waals surface area contributed by atoms with E-state index in [1.165, 1.54) is 0 Å². The van der Waals surface area contributed by atoms with Gasteiger partial charge in [0.1, 0.15) is 17.5 Å². The van der Waals surface area contributed by atoms with Crippen LogP contribution < -0.4 is 16.6 Å². The van der Waals surface area contributed by atoms with Crippen LogP contribution in [0.4, 0.5) is 11.6 Å². The number of anilines is 2. The molecular formula is C15H22N6. The predicted molar refractivity (Wildman–Crippen MR) is 84.8 cm³/mol. The number of hydrogen-bond acceptors (Lipinski definition) is 6. The molecule has 0 radical (unpaired) electrons. The van der Waals surface area contributed by atoms with E-state index in [9.17, 15) is 0 Å². The van der Waals surface area contributed by atoms with Crippen molar-refractivity contribution in [2.45, 2.75) is 39.7 Å². The lowest BCUT2D eigenvalue weighted by Gasteiger charge is -2.18. The fourth-order valence-corrected chi connectivity index (χ4v) is 1.74. The van der Waals surface area contributed by atoms with Crippen LogP contribution in [0.5, 0.6) is 0 Å². The van der Waals surface area contributed by atoms with Gasteiger partial charge < -0.3 is 10.7 Å². The zero-order valence-corrected chi connectivity index (χ0v) is 12.9. The Morgan fingerprint density at radius 2 is 1.86 bits per heavy atom. The maximum Gasteiger partial charge on any atom is 0.145 e. The molecule has 112 valence electrons. The fourth-order valence-electron chi connectivity index (χ4n) is 1.74. The van der Waals surface area contributed by atoms with Gasteiger partial charge in [0.2, 0.25) is 0 Å². The van der Waals surface area contributed by atoms with Gasteiger partial charge in [-0.2, -0.15) is 0 Å². The van der Waals surface area contributed by atoms with Crippen molar-refractivity contribution in [2.24, 2.45) is 5.84 Å². The number of nitrogens with zero attached hydrogens (tertiary/aromatic N) is 3. The highest BCUT2D eigenvalue weighted by Gasteiger charge is 2.19. The second kappa shape index (κ2) is 6.05. The summed E-state index contributed by atoms with van der Waals surface area (Å²) in [5.41, 5.74) is 4.54. The molecule has 2 heterocycles. The van der Waals surface area contributed by atoms with Crippen LogP contribution in [0.15, 0.2) is 24.4 Å². The monoisotopic (exact) mass is 286 g/mol. The Kier molecular flexibility index (Phi) is 4.37. The molecule has 0 atom stereocenters. The number of rotatable bonds is 4. The maximum atomic E-state index is 5.48. The summed E-state index contributed by atoms with van der Waals surface area (Å²) in [5, 5.41) is 3.28. The number of nitrogen functional groups attached to an aromatic ring is 1. The molecule has 2 aromatic rings. The van der Waals surface area contributed by atoms with E-state index in [1.54, 1.807) is 6.07 Å². The minimum atomic E-state index is -0.144. The average Bonchev–Trinajstić information content (AvgIpc) is 2.45. The molecule has 0 aliphatic heterocycles. The lowest BCUT2D eigenvalue weighted by Crippen LogP contribution is -2.20. The summed E-state index contributed by atoms with van der Waals surface area (Å²) in [7, 11) is 0. The highest BCUT2D eigenvalue weighted by Crippen LogP contribution is 2.22. The number of hydrogen-bond donors (Lipinski definition) is 3. The standard InChI is InChI=1S/C15H22N6/c1-10-5-6-11(8-17-10)9-18-12-7-13(21-16)20-14(19-12)15(2,3)4/h5-8H,9,16H2,1-4H3,(H2,18,19,20,21). The Hall–Kier alpha value is -2.21. The quantitative estimate of drug-likeness (QED) is 0.590. The van der Waals surface area contributed by atoms with E-state index in [2.05, 4.69) is 46.5 Å². The third kappa shape index (κ3) is 4.13. The first-order valence-electron chi connectivity index (χ1n) is 6.90. The van der Waals surface area contributed by atoms with Gasteiger partial charge in [-0.25, -0.2) is 15.8 Å². The maximum absolute atomic E-state index is 5.48. The predicted octanol–water partition coefficient (Wildman–Crippen LogP) is 2.38. The first kappa shape index (κ1) is 15.2. The third-order valence-electron chi connectivity index (χ3n) is 2.99. The van der Waals surface area contributed by atoms with Gasteiger partial charge in [0, 0.05) is 29.9 Å². The first-order valence-corrected chi connectivity index (χ1v) is 6.90. The van der Waals surface area contributed by atoms with E-state index in [1.807, 2.05) is 25.3 Å². The van der Waals surface area contributed by atoms with Gasteiger partial charge in [-0.15, -0.1) is 0 Å². The highest BCUT2D eigenvalue weighted by atomic mass is 15.3. The van der Waals surface area contributed by atoms with Gasteiger partial charge in [0.25, 0.3) is 0 Å². The normalized spacial score (nSPS) is 11.3. The van der Waals surface area contributed by atoms with E-state index in [4.69, 9.17) is 5.84 Å². The molecule has 0 amide bonds. The smallest absolute Gasteiger partial charge is 0.145 e. The van der Waals surface area contributed by atoms with Crippen molar-refractivity contribution in [3.8, 4) is 0 Å². The first-order chi connectivity index (χ1) is 9.88. The van der Waals surface area contributed by atoms with Crippen molar-refractivity contribution in [2.75, 3.05) is 10.7 Å². The molecular weight excluding hydrogens is 264 g/mol.